The molecule has 0 aliphatic heterocycles. The van der Waals surface area contributed by atoms with E-state index in [1.807, 2.05) is 23.1 Å². The van der Waals surface area contributed by atoms with Crippen molar-refractivity contribution >= 4 is 27.1 Å². The molecular formula is C11H20N6O2S. The van der Waals surface area contributed by atoms with E-state index in [1.165, 1.54) is 0 Å². The van der Waals surface area contributed by atoms with Crippen molar-refractivity contribution in [2.45, 2.75) is 33.4 Å². The number of nitrogens with two attached hydrogens (primary N) is 1. The fourth-order valence-electron chi connectivity index (χ4n) is 2.18. The highest BCUT2D eigenvalue weighted by atomic mass is 32.2. The molecule has 0 saturated carbocycles. The molecule has 0 fully saturated rings. The fraction of sp³-hybridized carbons (Fsp3) is 0.636. The van der Waals surface area contributed by atoms with Crippen molar-refractivity contribution in [3.63, 3.8) is 0 Å². The summed E-state index contributed by atoms with van der Waals surface area (Å²) in [5.41, 5.74) is 8.48. The number of aromatic nitrogens is 4. The van der Waals surface area contributed by atoms with Crippen LogP contribution in [0.1, 0.15) is 19.0 Å². The summed E-state index contributed by atoms with van der Waals surface area (Å²) >= 11 is 0. The van der Waals surface area contributed by atoms with Crippen molar-refractivity contribution < 1.29 is 8.42 Å². The Morgan fingerprint density at radius 3 is 2.70 bits per heavy atom. The van der Waals surface area contributed by atoms with Crippen LogP contribution in [0.15, 0.2) is 0 Å². The third-order valence-electron chi connectivity index (χ3n) is 3.05. The van der Waals surface area contributed by atoms with E-state index in [2.05, 4.69) is 14.8 Å². The molecule has 20 heavy (non-hydrogen) atoms. The monoisotopic (exact) mass is 300 g/mol. The number of imidazole rings is 1. The first-order valence-electron chi connectivity index (χ1n) is 6.47. The minimum atomic E-state index is -3.15. The molecule has 0 aromatic carbocycles. The van der Waals surface area contributed by atoms with E-state index < -0.39 is 10.0 Å². The van der Waals surface area contributed by atoms with Gasteiger partial charge in [-0.25, -0.2) is 22.8 Å². The molecule has 2 heterocycles. The van der Waals surface area contributed by atoms with E-state index in [-0.39, 0.29) is 0 Å². The molecule has 0 amide bonds. The third kappa shape index (κ3) is 2.93. The van der Waals surface area contributed by atoms with Gasteiger partial charge in [0.2, 0.25) is 16.0 Å². The molecular weight excluding hydrogens is 280 g/mol. The Bertz CT molecular complexity index is 715. The predicted octanol–water partition coefficient (Wildman–Crippen LogP) is 0.0826. The fourth-order valence-corrected chi connectivity index (χ4v) is 2.69. The van der Waals surface area contributed by atoms with Crippen LogP contribution in [0.3, 0.4) is 0 Å². The van der Waals surface area contributed by atoms with Crippen LogP contribution in [-0.4, -0.2) is 40.5 Å². The van der Waals surface area contributed by atoms with Crippen molar-refractivity contribution in [1.29, 1.82) is 0 Å². The molecule has 8 nitrogen and oxygen atoms in total. The smallest absolute Gasteiger partial charge is 0.208 e. The Hall–Kier alpha value is -1.61. The lowest BCUT2D eigenvalue weighted by Crippen LogP contribution is -2.24. The molecule has 0 spiro atoms. The SMILES string of the molecule is CCn1nc(C)c2nc(N)n(CCCNS(C)(=O)=O)c21. The average Bonchev–Trinajstić information content (AvgIpc) is 2.82. The van der Waals surface area contributed by atoms with Crippen LogP contribution in [0.2, 0.25) is 0 Å². The number of anilines is 1. The second-order valence-electron chi connectivity index (χ2n) is 4.72. The zero-order chi connectivity index (χ0) is 14.9. The van der Waals surface area contributed by atoms with Gasteiger partial charge >= 0.3 is 0 Å². The Balaban J connectivity index is 2.19. The minimum Gasteiger partial charge on any atom is -0.369 e. The van der Waals surface area contributed by atoms with Crippen molar-refractivity contribution in [2.24, 2.45) is 0 Å². The summed E-state index contributed by atoms with van der Waals surface area (Å²) in [6.07, 6.45) is 1.78. The van der Waals surface area contributed by atoms with Crippen LogP contribution < -0.4 is 10.5 Å². The molecule has 2 aromatic rings. The summed E-state index contributed by atoms with van der Waals surface area (Å²) in [6.45, 7) is 5.60. The summed E-state index contributed by atoms with van der Waals surface area (Å²) in [5, 5.41) is 4.40. The minimum absolute atomic E-state index is 0.372. The Morgan fingerprint density at radius 1 is 1.40 bits per heavy atom. The summed E-state index contributed by atoms with van der Waals surface area (Å²) in [7, 11) is -3.15. The summed E-state index contributed by atoms with van der Waals surface area (Å²) in [6, 6.07) is 0. The number of nitrogens with one attached hydrogen (secondary N) is 1. The summed E-state index contributed by atoms with van der Waals surface area (Å²) < 4.78 is 28.2. The lowest BCUT2D eigenvalue weighted by molar-refractivity contribution is 0.574. The van der Waals surface area contributed by atoms with Gasteiger partial charge in [-0.2, -0.15) is 5.10 Å². The van der Waals surface area contributed by atoms with Gasteiger partial charge < -0.3 is 5.73 Å². The van der Waals surface area contributed by atoms with E-state index in [0.29, 0.717) is 25.5 Å². The molecule has 0 aliphatic carbocycles. The lowest BCUT2D eigenvalue weighted by Gasteiger charge is -2.08. The van der Waals surface area contributed by atoms with Crippen LogP contribution in [0.4, 0.5) is 5.95 Å². The molecule has 9 heteroatoms. The lowest BCUT2D eigenvalue weighted by atomic mass is 10.4. The van der Waals surface area contributed by atoms with Gasteiger partial charge in [0, 0.05) is 19.6 Å². The first-order valence-corrected chi connectivity index (χ1v) is 8.36. The van der Waals surface area contributed by atoms with E-state index in [4.69, 9.17) is 5.73 Å². The number of hydrogen-bond acceptors (Lipinski definition) is 5. The Morgan fingerprint density at radius 2 is 2.10 bits per heavy atom. The average molecular weight is 300 g/mol. The van der Waals surface area contributed by atoms with Gasteiger partial charge in [0.25, 0.3) is 0 Å². The number of fused-ring (bicyclic) bond motifs is 1. The summed E-state index contributed by atoms with van der Waals surface area (Å²) in [5.74, 6) is 0.432. The first-order chi connectivity index (χ1) is 9.33. The van der Waals surface area contributed by atoms with E-state index in [1.54, 1.807) is 0 Å². The van der Waals surface area contributed by atoms with Gasteiger partial charge in [-0.05, 0) is 20.3 Å². The third-order valence-corrected chi connectivity index (χ3v) is 3.78. The standard InChI is InChI=1S/C11H20N6O2S/c1-4-17-10-9(8(2)15-17)14-11(12)16(10)7-5-6-13-20(3,18)19/h13H,4-7H2,1-3H3,(H2,12,14). The highest BCUT2D eigenvalue weighted by Crippen LogP contribution is 2.21. The second-order valence-corrected chi connectivity index (χ2v) is 6.55. The maximum absolute atomic E-state index is 11.0. The molecule has 0 bridgehead atoms. The van der Waals surface area contributed by atoms with Gasteiger partial charge in [0.1, 0.15) is 5.52 Å². The molecule has 0 unspecified atom stereocenters. The van der Waals surface area contributed by atoms with E-state index >= 15 is 0 Å². The molecule has 2 rings (SSSR count). The Labute approximate surface area is 118 Å². The summed E-state index contributed by atoms with van der Waals surface area (Å²) in [4.78, 5) is 4.33. The zero-order valence-electron chi connectivity index (χ0n) is 11.9. The molecule has 3 N–H and O–H groups in total. The topological polar surface area (TPSA) is 108 Å². The molecule has 0 radical (unpaired) electrons. The molecule has 112 valence electrons. The van der Waals surface area contributed by atoms with Gasteiger partial charge in [-0.3, -0.25) is 4.57 Å². The molecule has 0 aliphatic rings. The van der Waals surface area contributed by atoms with E-state index in [0.717, 1.165) is 29.7 Å². The highest BCUT2D eigenvalue weighted by Gasteiger charge is 2.16. The number of nitrogens with zero attached hydrogens (tertiary/aromatic N) is 4. The Kier molecular flexibility index (Phi) is 4.00. The number of hydrogen-bond donors (Lipinski definition) is 2. The van der Waals surface area contributed by atoms with Crippen molar-refractivity contribution in [3.05, 3.63) is 5.69 Å². The number of aryl methyl sites for hydroxylation is 3. The van der Waals surface area contributed by atoms with Crippen molar-refractivity contribution in [1.82, 2.24) is 24.1 Å². The van der Waals surface area contributed by atoms with Crippen LogP contribution in [-0.2, 0) is 23.1 Å². The quantitative estimate of drug-likeness (QED) is 0.735. The maximum Gasteiger partial charge on any atom is 0.208 e. The van der Waals surface area contributed by atoms with Gasteiger partial charge in [0.05, 0.1) is 11.9 Å². The predicted molar refractivity (Wildman–Crippen MR) is 77.8 cm³/mol. The molecule has 2 aromatic heterocycles. The van der Waals surface area contributed by atoms with Crippen molar-refractivity contribution in [3.8, 4) is 0 Å². The number of rotatable bonds is 6. The number of nitrogen functional groups attached to an aromatic ring is 1. The van der Waals surface area contributed by atoms with Gasteiger partial charge in [-0.15, -0.1) is 0 Å². The van der Waals surface area contributed by atoms with Gasteiger partial charge in [-0.1, -0.05) is 0 Å². The van der Waals surface area contributed by atoms with Crippen LogP contribution >= 0.6 is 0 Å². The molecule has 0 atom stereocenters. The van der Waals surface area contributed by atoms with Gasteiger partial charge in [0.15, 0.2) is 5.65 Å². The van der Waals surface area contributed by atoms with Crippen LogP contribution in [0, 0.1) is 6.92 Å². The largest absolute Gasteiger partial charge is 0.369 e. The first kappa shape index (κ1) is 14.8. The number of sulfonamides is 1. The maximum atomic E-state index is 11.0. The van der Waals surface area contributed by atoms with Crippen LogP contribution in [0.25, 0.3) is 11.2 Å². The van der Waals surface area contributed by atoms with E-state index in [9.17, 15) is 8.42 Å². The zero-order valence-corrected chi connectivity index (χ0v) is 12.7. The normalized spacial score (nSPS) is 12.3. The molecule has 0 saturated heterocycles. The second kappa shape index (κ2) is 5.41. The van der Waals surface area contributed by atoms with Crippen molar-refractivity contribution in [2.75, 3.05) is 18.5 Å². The highest BCUT2D eigenvalue weighted by molar-refractivity contribution is 7.88. The van der Waals surface area contributed by atoms with Crippen LogP contribution in [0.5, 0.6) is 0 Å².